The summed E-state index contributed by atoms with van der Waals surface area (Å²) in [7, 11) is 0. The summed E-state index contributed by atoms with van der Waals surface area (Å²) < 4.78 is 4.78. The Morgan fingerprint density at radius 3 is 2.50 bits per heavy atom. The van der Waals surface area contributed by atoms with Crippen LogP contribution in [0.3, 0.4) is 0 Å². The van der Waals surface area contributed by atoms with Crippen molar-refractivity contribution < 1.29 is 14.6 Å². The zero-order valence-corrected chi connectivity index (χ0v) is 9.45. The number of aliphatic hydroxyl groups excluding tert-OH is 1. The van der Waals surface area contributed by atoms with E-state index in [0.29, 0.717) is 19.4 Å². The second kappa shape index (κ2) is 7.80. The van der Waals surface area contributed by atoms with Crippen molar-refractivity contribution in [3.05, 3.63) is 0 Å². The van der Waals surface area contributed by atoms with Crippen LogP contribution in [0.15, 0.2) is 0 Å². The van der Waals surface area contributed by atoms with Crippen LogP contribution in [-0.4, -0.2) is 23.8 Å². The van der Waals surface area contributed by atoms with Gasteiger partial charge in [0, 0.05) is 6.42 Å². The van der Waals surface area contributed by atoms with Gasteiger partial charge in [-0.05, 0) is 25.7 Å². The molecule has 0 aromatic carbocycles. The van der Waals surface area contributed by atoms with E-state index in [-0.39, 0.29) is 18.0 Å². The van der Waals surface area contributed by atoms with Gasteiger partial charge in [-0.15, -0.1) is 0 Å². The second-order valence-corrected chi connectivity index (χ2v) is 3.68. The minimum absolute atomic E-state index is 0.213. The molecule has 0 saturated carbocycles. The van der Waals surface area contributed by atoms with E-state index in [1.165, 1.54) is 0 Å². The van der Waals surface area contributed by atoms with Crippen LogP contribution >= 0.6 is 0 Å². The van der Waals surface area contributed by atoms with Crippen molar-refractivity contribution in [2.75, 3.05) is 6.61 Å². The number of rotatable bonds is 7. The molecule has 0 aliphatic heterocycles. The molecule has 0 spiro atoms. The molecule has 0 aromatic rings. The van der Waals surface area contributed by atoms with E-state index in [1.54, 1.807) is 6.92 Å². The molecule has 14 heavy (non-hydrogen) atoms. The maximum absolute atomic E-state index is 11.0. The predicted octanol–water partition coefficient (Wildman–Crippen LogP) is 2.13. The maximum atomic E-state index is 11.0. The standard InChI is InChI=1S/C11H22O3/c1-4-6-9(3)10(12)7-8-11(13)14-5-2/h9-10,12H,4-8H2,1-3H3. The Balaban J connectivity index is 3.61. The number of carbonyl (C=O) groups excluding carboxylic acids is 1. The number of hydrogen-bond acceptors (Lipinski definition) is 3. The summed E-state index contributed by atoms with van der Waals surface area (Å²) >= 11 is 0. The first-order valence-electron chi connectivity index (χ1n) is 5.45. The fraction of sp³-hybridized carbons (Fsp3) is 0.909. The molecule has 0 radical (unpaired) electrons. The van der Waals surface area contributed by atoms with Gasteiger partial charge in [-0.25, -0.2) is 0 Å². The molecule has 0 aliphatic carbocycles. The third-order valence-electron chi connectivity index (χ3n) is 2.35. The van der Waals surface area contributed by atoms with Gasteiger partial charge in [-0.3, -0.25) is 4.79 Å². The normalized spacial score (nSPS) is 14.9. The molecular formula is C11H22O3. The van der Waals surface area contributed by atoms with Gasteiger partial charge in [-0.2, -0.15) is 0 Å². The van der Waals surface area contributed by atoms with Crippen LogP contribution in [0.2, 0.25) is 0 Å². The van der Waals surface area contributed by atoms with E-state index >= 15 is 0 Å². The van der Waals surface area contributed by atoms with Crippen molar-refractivity contribution in [1.82, 2.24) is 0 Å². The van der Waals surface area contributed by atoms with Crippen molar-refractivity contribution in [3.8, 4) is 0 Å². The molecule has 3 nitrogen and oxygen atoms in total. The van der Waals surface area contributed by atoms with Crippen molar-refractivity contribution in [3.63, 3.8) is 0 Å². The molecule has 3 heteroatoms. The van der Waals surface area contributed by atoms with E-state index in [2.05, 4.69) is 6.92 Å². The Hall–Kier alpha value is -0.570. The molecule has 0 aromatic heterocycles. The first-order valence-corrected chi connectivity index (χ1v) is 5.45. The van der Waals surface area contributed by atoms with Gasteiger partial charge in [0.2, 0.25) is 0 Å². The second-order valence-electron chi connectivity index (χ2n) is 3.68. The van der Waals surface area contributed by atoms with E-state index in [0.717, 1.165) is 12.8 Å². The number of hydrogen-bond donors (Lipinski definition) is 1. The molecule has 0 bridgehead atoms. The van der Waals surface area contributed by atoms with E-state index in [9.17, 15) is 9.90 Å². The molecule has 2 atom stereocenters. The molecule has 84 valence electrons. The van der Waals surface area contributed by atoms with Crippen LogP contribution in [0.25, 0.3) is 0 Å². The quantitative estimate of drug-likeness (QED) is 0.643. The van der Waals surface area contributed by atoms with Crippen LogP contribution < -0.4 is 0 Å². The summed E-state index contributed by atoms with van der Waals surface area (Å²) in [5, 5.41) is 9.66. The van der Waals surface area contributed by atoms with Gasteiger partial charge in [0.1, 0.15) is 0 Å². The van der Waals surface area contributed by atoms with Gasteiger partial charge in [0.05, 0.1) is 12.7 Å². The Labute approximate surface area is 86.5 Å². The first-order chi connectivity index (χ1) is 6.61. The van der Waals surface area contributed by atoms with Gasteiger partial charge in [0.15, 0.2) is 0 Å². The molecule has 0 saturated heterocycles. The molecule has 0 rings (SSSR count). The van der Waals surface area contributed by atoms with Crippen LogP contribution in [0.4, 0.5) is 0 Å². The Kier molecular flexibility index (Phi) is 7.48. The lowest BCUT2D eigenvalue weighted by Gasteiger charge is -2.17. The maximum Gasteiger partial charge on any atom is 0.305 e. The zero-order valence-electron chi connectivity index (χ0n) is 9.45. The van der Waals surface area contributed by atoms with Gasteiger partial charge in [0.25, 0.3) is 0 Å². The zero-order chi connectivity index (χ0) is 11.0. The van der Waals surface area contributed by atoms with Crippen molar-refractivity contribution >= 4 is 5.97 Å². The lowest BCUT2D eigenvalue weighted by atomic mass is 9.96. The van der Waals surface area contributed by atoms with Crippen LogP contribution in [0.5, 0.6) is 0 Å². The largest absolute Gasteiger partial charge is 0.466 e. The highest BCUT2D eigenvalue weighted by molar-refractivity contribution is 5.69. The summed E-state index contributed by atoms with van der Waals surface area (Å²) in [4.78, 5) is 11.0. The predicted molar refractivity (Wildman–Crippen MR) is 55.9 cm³/mol. The molecule has 0 aliphatic rings. The highest BCUT2D eigenvalue weighted by Crippen LogP contribution is 2.14. The molecule has 0 fully saturated rings. The van der Waals surface area contributed by atoms with Crippen molar-refractivity contribution in [2.24, 2.45) is 5.92 Å². The minimum Gasteiger partial charge on any atom is -0.466 e. The van der Waals surface area contributed by atoms with E-state index < -0.39 is 0 Å². The van der Waals surface area contributed by atoms with Crippen molar-refractivity contribution in [2.45, 2.75) is 52.6 Å². The topological polar surface area (TPSA) is 46.5 Å². The summed E-state index contributed by atoms with van der Waals surface area (Å²) in [6, 6.07) is 0. The number of carbonyl (C=O) groups is 1. The smallest absolute Gasteiger partial charge is 0.305 e. The average molecular weight is 202 g/mol. The fourth-order valence-electron chi connectivity index (χ4n) is 1.43. The summed E-state index contributed by atoms with van der Waals surface area (Å²) in [5.74, 6) is 0.0599. The number of aliphatic hydroxyl groups is 1. The van der Waals surface area contributed by atoms with Crippen LogP contribution in [-0.2, 0) is 9.53 Å². The van der Waals surface area contributed by atoms with E-state index in [1.807, 2.05) is 6.92 Å². The molecule has 1 N–H and O–H groups in total. The Morgan fingerprint density at radius 2 is 2.00 bits per heavy atom. The van der Waals surface area contributed by atoms with Gasteiger partial charge in [-0.1, -0.05) is 20.3 Å². The van der Waals surface area contributed by atoms with Crippen LogP contribution in [0, 0.1) is 5.92 Å². The van der Waals surface area contributed by atoms with Crippen LogP contribution in [0.1, 0.15) is 46.5 Å². The SMILES string of the molecule is CCCC(C)C(O)CCC(=O)OCC. The first kappa shape index (κ1) is 13.4. The Bertz CT molecular complexity index is 157. The van der Waals surface area contributed by atoms with Crippen molar-refractivity contribution in [1.29, 1.82) is 0 Å². The number of esters is 1. The summed E-state index contributed by atoms with van der Waals surface area (Å²) in [6.07, 6.45) is 2.53. The monoisotopic (exact) mass is 202 g/mol. The van der Waals surface area contributed by atoms with E-state index in [4.69, 9.17) is 4.74 Å². The highest BCUT2D eigenvalue weighted by Gasteiger charge is 2.14. The molecular weight excluding hydrogens is 180 g/mol. The number of ether oxygens (including phenoxy) is 1. The lowest BCUT2D eigenvalue weighted by Crippen LogP contribution is -2.19. The third kappa shape index (κ3) is 5.97. The molecule has 0 heterocycles. The Morgan fingerprint density at radius 1 is 1.36 bits per heavy atom. The fourth-order valence-corrected chi connectivity index (χ4v) is 1.43. The van der Waals surface area contributed by atoms with Gasteiger partial charge < -0.3 is 9.84 Å². The average Bonchev–Trinajstić information content (AvgIpc) is 2.15. The minimum atomic E-state index is -0.376. The summed E-state index contributed by atoms with van der Waals surface area (Å²) in [5.41, 5.74) is 0. The third-order valence-corrected chi connectivity index (χ3v) is 2.35. The highest BCUT2D eigenvalue weighted by atomic mass is 16.5. The summed E-state index contributed by atoms with van der Waals surface area (Å²) in [6.45, 7) is 6.31. The molecule has 0 amide bonds. The van der Waals surface area contributed by atoms with Gasteiger partial charge >= 0.3 is 5.97 Å². The lowest BCUT2D eigenvalue weighted by molar-refractivity contribution is -0.143. The molecule has 2 unspecified atom stereocenters.